The van der Waals surface area contributed by atoms with E-state index in [1.807, 2.05) is 42.7 Å². The van der Waals surface area contributed by atoms with Crippen molar-refractivity contribution < 1.29 is 9.47 Å². The molecule has 0 amide bonds. The molecule has 4 nitrogen and oxygen atoms in total. The molecular weight excluding hydrogens is 228 g/mol. The van der Waals surface area contributed by atoms with Crippen LogP contribution in [0.4, 0.5) is 5.69 Å². The molecule has 1 aromatic heterocycles. The van der Waals surface area contributed by atoms with Crippen molar-refractivity contribution in [3.8, 4) is 11.5 Å². The predicted molar refractivity (Wildman–Crippen MR) is 69.0 cm³/mol. The highest BCUT2D eigenvalue weighted by molar-refractivity contribution is 5.55. The van der Waals surface area contributed by atoms with E-state index in [0.717, 1.165) is 30.2 Å². The third-order valence-corrected chi connectivity index (χ3v) is 2.86. The van der Waals surface area contributed by atoms with Crippen LogP contribution in [-0.2, 0) is 6.42 Å². The molecule has 1 aromatic carbocycles. The first-order chi connectivity index (χ1) is 8.92. The van der Waals surface area contributed by atoms with E-state index in [1.165, 1.54) is 5.56 Å². The highest BCUT2D eigenvalue weighted by atomic mass is 16.7. The molecular formula is C14H14N2O2. The van der Waals surface area contributed by atoms with Crippen LogP contribution in [0.3, 0.4) is 0 Å². The summed E-state index contributed by atoms with van der Waals surface area (Å²) in [6, 6.07) is 9.95. The van der Waals surface area contributed by atoms with Crippen LogP contribution in [0, 0.1) is 0 Å². The van der Waals surface area contributed by atoms with Gasteiger partial charge in [-0.2, -0.15) is 0 Å². The second-order valence-electron chi connectivity index (χ2n) is 4.10. The van der Waals surface area contributed by atoms with Crippen LogP contribution in [0.5, 0.6) is 11.5 Å². The molecule has 18 heavy (non-hydrogen) atoms. The van der Waals surface area contributed by atoms with Gasteiger partial charge in [0, 0.05) is 30.7 Å². The summed E-state index contributed by atoms with van der Waals surface area (Å²) in [5.41, 5.74) is 2.33. The number of hydrogen-bond acceptors (Lipinski definition) is 4. The summed E-state index contributed by atoms with van der Waals surface area (Å²) in [6.07, 6.45) is 4.60. The Hall–Kier alpha value is -2.23. The molecule has 1 N–H and O–H groups in total. The second kappa shape index (κ2) is 4.96. The Morgan fingerprint density at radius 2 is 1.89 bits per heavy atom. The number of rotatable bonds is 4. The third-order valence-electron chi connectivity index (χ3n) is 2.86. The molecule has 0 radical (unpaired) electrons. The molecule has 4 heteroatoms. The molecule has 0 saturated carbocycles. The standard InChI is InChI=1S/C14H14N2O2/c1-2-13-14(18-10-17-13)9-12(1)16-8-5-11-3-6-15-7-4-11/h1-4,6-7,9,16H,5,8,10H2. The zero-order valence-electron chi connectivity index (χ0n) is 9.93. The first-order valence-electron chi connectivity index (χ1n) is 5.94. The SMILES string of the molecule is c1cc(CCNc2ccc3c(c2)OCO3)ccn1. The Kier molecular flexibility index (Phi) is 3.00. The van der Waals surface area contributed by atoms with Crippen molar-refractivity contribution in [2.24, 2.45) is 0 Å². The number of aromatic nitrogens is 1. The monoisotopic (exact) mass is 242 g/mol. The van der Waals surface area contributed by atoms with Crippen LogP contribution in [0.2, 0.25) is 0 Å². The van der Waals surface area contributed by atoms with Crippen molar-refractivity contribution in [3.63, 3.8) is 0 Å². The van der Waals surface area contributed by atoms with Gasteiger partial charge in [0.2, 0.25) is 6.79 Å². The average molecular weight is 242 g/mol. The van der Waals surface area contributed by atoms with E-state index < -0.39 is 0 Å². The lowest BCUT2D eigenvalue weighted by Gasteiger charge is -2.07. The largest absolute Gasteiger partial charge is 0.454 e. The summed E-state index contributed by atoms with van der Waals surface area (Å²) in [5.74, 6) is 1.62. The highest BCUT2D eigenvalue weighted by Crippen LogP contribution is 2.34. The van der Waals surface area contributed by atoms with E-state index in [0.29, 0.717) is 6.79 Å². The summed E-state index contributed by atoms with van der Waals surface area (Å²) in [4.78, 5) is 4.00. The summed E-state index contributed by atoms with van der Waals surface area (Å²) in [6.45, 7) is 1.19. The fourth-order valence-corrected chi connectivity index (χ4v) is 1.91. The van der Waals surface area contributed by atoms with Crippen LogP contribution in [-0.4, -0.2) is 18.3 Å². The van der Waals surface area contributed by atoms with Gasteiger partial charge in [-0.3, -0.25) is 4.98 Å². The van der Waals surface area contributed by atoms with E-state index >= 15 is 0 Å². The maximum Gasteiger partial charge on any atom is 0.231 e. The molecule has 0 fully saturated rings. The Balaban J connectivity index is 1.57. The zero-order chi connectivity index (χ0) is 12.2. The normalized spacial score (nSPS) is 12.4. The van der Waals surface area contributed by atoms with Crippen molar-refractivity contribution in [2.45, 2.75) is 6.42 Å². The van der Waals surface area contributed by atoms with Crippen molar-refractivity contribution in [2.75, 3.05) is 18.7 Å². The summed E-state index contributed by atoms with van der Waals surface area (Å²) in [7, 11) is 0. The van der Waals surface area contributed by atoms with Gasteiger partial charge in [0.1, 0.15) is 0 Å². The third kappa shape index (κ3) is 2.37. The first kappa shape index (κ1) is 10.9. The number of pyridine rings is 1. The van der Waals surface area contributed by atoms with Gasteiger partial charge in [-0.25, -0.2) is 0 Å². The summed E-state index contributed by atoms with van der Waals surface area (Å²) >= 11 is 0. The Morgan fingerprint density at radius 1 is 1.06 bits per heavy atom. The molecule has 0 atom stereocenters. The minimum absolute atomic E-state index is 0.315. The fourth-order valence-electron chi connectivity index (χ4n) is 1.91. The maximum absolute atomic E-state index is 5.33. The minimum Gasteiger partial charge on any atom is -0.454 e. The van der Waals surface area contributed by atoms with E-state index in [2.05, 4.69) is 10.3 Å². The van der Waals surface area contributed by atoms with Crippen LogP contribution in [0.1, 0.15) is 5.56 Å². The molecule has 0 unspecified atom stereocenters. The zero-order valence-corrected chi connectivity index (χ0v) is 9.93. The number of nitrogens with one attached hydrogen (secondary N) is 1. The maximum atomic E-state index is 5.33. The number of fused-ring (bicyclic) bond motifs is 1. The van der Waals surface area contributed by atoms with Crippen molar-refractivity contribution >= 4 is 5.69 Å². The summed E-state index contributed by atoms with van der Waals surface area (Å²) in [5, 5.41) is 3.37. The Morgan fingerprint density at radius 3 is 2.78 bits per heavy atom. The van der Waals surface area contributed by atoms with Gasteiger partial charge < -0.3 is 14.8 Å². The topological polar surface area (TPSA) is 43.4 Å². The van der Waals surface area contributed by atoms with E-state index in [1.54, 1.807) is 0 Å². The minimum atomic E-state index is 0.315. The van der Waals surface area contributed by atoms with Crippen LogP contribution in [0.15, 0.2) is 42.7 Å². The van der Waals surface area contributed by atoms with Crippen molar-refractivity contribution in [3.05, 3.63) is 48.3 Å². The molecule has 92 valence electrons. The molecule has 0 aliphatic carbocycles. The van der Waals surface area contributed by atoms with Gasteiger partial charge in [0.15, 0.2) is 11.5 Å². The Bertz CT molecular complexity index is 529. The number of anilines is 1. The van der Waals surface area contributed by atoms with Crippen LogP contribution >= 0.6 is 0 Å². The molecule has 1 aliphatic rings. The Labute approximate surface area is 106 Å². The van der Waals surface area contributed by atoms with Gasteiger partial charge in [0.05, 0.1) is 0 Å². The second-order valence-corrected chi connectivity index (χ2v) is 4.10. The lowest BCUT2D eigenvalue weighted by molar-refractivity contribution is 0.174. The van der Waals surface area contributed by atoms with Gasteiger partial charge in [-0.05, 0) is 36.2 Å². The molecule has 3 rings (SSSR count). The van der Waals surface area contributed by atoms with Crippen LogP contribution < -0.4 is 14.8 Å². The van der Waals surface area contributed by atoms with Gasteiger partial charge in [0.25, 0.3) is 0 Å². The molecule has 0 spiro atoms. The van der Waals surface area contributed by atoms with Gasteiger partial charge in [-0.15, -0.1) is 0 Å². The lowest BCUT2D eigenvalue weighted by atomic mass is 10.2. The molecule has 2 aromatic rings. The van der Waals surface area contributed by atoms with Crippen molar-refractivity contribution in [1.29, 1.82) is 0 Å². The summed E-state index contributed by atoms with van der Waals surface area (Å²) < 4.78 is 10.6. The smallest absolute Gasteiger partial charge is 0.231 e. The van der Waals surface area contributed by atoms with E-state index in [-0.39, 0.29) is 0 Å². The number of nitrogens with zero attached hydrogens (tertiary/aromatic N) is 1. The molecule has 0 bridgehead atoms. The number of hydrogen-bond donors (Lipinski definition) is 1. The number of benzene rings is 1. The lowest BCUT2D eigenvalue weighted by Crippen LogP contribution is -2.04. The first-order valence-corrected chi connectivity index (χ1v) is 5.94. The average Bonchev–Trinajstić information content (AvgIpc) is 2.87. The van der Waals surface area contributed by atoms with E-state index in [9.17, 15) is 0 Å². The number of ether oxygens (including phenoxy) is 2. The van der Waals surface area contributed by atoms with Crippen LogP contribution in [0.25, 0.3) is 0 Å². The quantitative estimate of drug-likeness (QED) is 0.894. The van der Waals surface area contributed by atoms with Gasteiger partial charge in [-0.1, -0.05) is 0 Å². The predicted octanol–water partition coefficient (Wildman–Crippen LogP) is 2.46. The van der Waals surface area contributed by atoms with Crippen molar-refractivity contribution in [1.82, 2.24) is 4.98 Å². The van der Waals surface area contributed by atoms with E-state index in [4.69, 9.17) is 9.47 Å². The highest BCUT2D eigenvalue weighted by Gasteiger charge is 2.12. The molecule has 2 heterocycles. The fraction of sp³-hybridized carbons (Fsp3) is 0.214. The van der Waals surface area contributed by atoms with Gasteiger partial charge >= 0.3 is 0 Å². The molecule has 0 saturated heterocycles. The molecule has 1 aliphatic heterocycles.